The lowest BCUT2D eigenvalue weighted by Gasteiger charge is -2.18. The third-order valence-corrected chi connectivity index (χ3v) is 5.96. The predicted octanol–water partition coefficient (Wildman–Crippen LogP) is 3.73. The van der Waals surface area contributed by atoms with Gasteiger partial charge in [0.05, 0.1) is 0 Å². The summed E-state index contributed by atoms with van der Waals surface area (Å²) in [4.78, 5) is 14.1. The van der Waals surface area contributed by atoms with Crippen molar-refractivity contribution in [3.63, 3.8) is 0 Å². The first-order chi connectivity index (χ1) is 11.4. The minimum Gasteiger partial charge on any atom is -0.464 e. The van der Waals surface area contributed by atoms with Crippen molar-refractivity contribution in [1.82, 2.24) is 4.98 Å². The van der Waals surface area contributed by atoms with E-state index in [1.165, 1.54) is 5.38 Å². The molecule has 0 fully saturated rings. The predicted molar refractivity (Wildman–Crippen MR) is 84.8 cm³/mol. The number of aromatic nitrogens is 1. The standard InChI is InChI=1S/C14H13F3N2O4S2/c1-14(2,3)12-18-11(6-24-12)19(13(20)21)25(22,23)10-5-8(16)7(15)4-9(10)17/h4-6H,1-3H3,(H,20,21). The van der Waals surface area contributed by atoms with E-state index in [1.807, 2.05) is 0 Å². The maximum atomic E-state index is 13.8. The van der Waals surface area contributed by atoms with Gasteiger partial charge in [0.15, 0.2) is 17.5 Å². The summed E-state index contributed by atoms with van der Waals surface area (Å²) in [5.41, 5.74) is -0.482. The molecule has 1 amide bonds. The molecular weight excluding hydrogens is 381 g/mol. The molecule has 2 aromatic rings. The summed E-state index contributed by atoms with van der Waals surface area (Å²) in [6.07, 6.45) is -1.96. The molecule has 136 valence electrons. The van der Waals surface area contributed by atoms with Crippen molar-refractivity contribution < 1.29 is 31.5 Å². The van der Waals surface area contributed by atoms with Gasteiger partial charge in [-0.1, -0.05) is 20.8 Å². The van der Waals surface area contributed by atoms with Crippen LogP contribution in [0.25, 0.3) is 0 Å². The molecule has 0 radical (unpaired) electrons. The van der Waals surface area contributed by atoms with Crippen LogP contribution in [0, 0.1) is 17.5 Å². The van der Waals surface area contributed by atoms with Crippen LogP contribution in [0.2, 0.25) is 0 Å². The van der Waals surface area contributed by atoms with E-state index in [0.29, 0.717) is 5.01 Å². The van der Waals surface area contributed by atoms with E-state index in [1.54, 1.807) is 20.8 Å². The highest BCUT2D eigenvalue weighted by atomic mass is 32.2. The highest BCUT2D eigenvalue weighted by Gasteiger charge is 2.36. The Bertz CT molecular complexity index is 936. The van der Waals surface area contributed by atoms with Crippen LogP contribution in [0.1, 0.15) is 25.8 Å². The number of carboxylic acid groups (broad SMARTS) is 1. The van der Waals surface area contributed by atoms with E-state index in [2.05, 4.69) is 4.98 Å². The molecule has 1 heterocycles. The second-order valence-corrected chi connectivity index (χ2v) is 8.62. The second kappa shape index (κ2) is 6.30. The molecular formula is C14H13F3N2O4S2. The van der Waals surface area contributed by atoms with E-state index in [-0.39, 0.29) is 16.4 Å². The number of sulfonamides is 1. The van der Waals surface area contributed by atoms with E-state index in [4.69, 9.17) is 0 Å². The molecule has 2 rings (SSSR count). The molecule has 1 aromatic carbocycles. The Balaban J connectivity index is 2.63. The first-order valence-electron chi connectivity index (χ1n) is 6.74. The second-order valence-electron chi connectivity index (χ2n) is 6.01. The van der Waals surface area contributed by atoms with Gasteiger partial charge < -0.3 is 5.11 Å². The number of rotatable bonds is 3. The largest absolute Gasteiger partial charge is 0.464 e. The van der Waals surface area contributed by atoms with Crippen LogP contribution in [0.4, 0.5) is 23.8 Å². The first-order valence-corrected chi connectivity index (χ1v) is 9.06. The van der Waals surface area contributed by atoms with Gasteiger partial charge in [-0.3, -0.25) is 0 Å². The van der Waals surface area contributed by atoms with Gasteiger partial charge in [-0.15, -0.1) is 15.6 Å². The fraction of sp³-hybridized carbons (Fsp3) is 0.286. The van der Waals surface area contributed by atoms with E-state index < -0.39 is 49.7 Å². The fourth-order valence-corrected chi connectivity index (χ4v) is 4.07. The van der Waals surface area contributed by atoms with Gasteiger partial charge in [-0.05, 0) is 0 Å². The third-order valence-electron chi connectivity index (χ3n) is 3.01. The molecule has 25 heavy (non-hydrogen) atoms. The maximum Gasteiger partial charge on any atom is 0.427 e. The number of carbonyl (C=O) groups is 1. The van der Waals surface area contributed by atoms with Crippen LogP contribution in [0.15, 0.2) is 22.4 Å². The molecule has 11 heteroatoms. The molecule has 0 bridgehead atoms. The van der Waals surface area contributed by atoms with Gasteiger partial charge in [0.2, 0.25) is 0 Å². The molecule has 1 aromatic heterocycles. The quantitative estimate of drug-likeness (QED) is 0.802. The van der Waals surface area contributed by atoms with Crippen molar-refractivity contribution in [2.75, 3.05) is 4.31 Å². The van der Waals surface area contributed by atoms with Gasteiger partial charge in [0.1, 0.15) is 15.7 Å². The number of halogens is 3. The smallest absolute Gasteiger partial charge is 0.427 e. The minimum absolute atomic E-state index is 0.0316. The van der Waals surface area contributed by atoms with Crippen molar-refractivity contribution in [2.24, 2.45) is 0 Å². The zero-order chi connectivity index (χ0) is 19.2. The average Bonchev–Trinajstić information content (AvgIpc) is 2.91. The normalized spacial score (nSPS) is 12.2. The fourth-order valence-electron chi connectivity index (χ4n) is 1.83. The molecule has 1 N–H and O–H groups in total. The summed E-state index contributed by atoms with van der Waals surface area (Å²) in [7, 11) is -5.06. The van der Waals surface area contributed by atoms with Crippen LogP contribution in [-0.2, 0) is 15.4 Å². The molecule has 0 spiro atoms. The summed E-state index contributed by atoms with van der Waals surface area (Å²) in [5, 5.41) is 10.9. The van der Waals surface area contributed by atoms with Crippen LogP contribution in [0.3, 0.4) is 0 Å². The number of anilines is 1. The zero-order valence-corrected chi connectivity index (χ0v) is 14.9. The van der Waals surface area contributed by atoms with Gasteiger partial charge in [-0.25, -0.2) is 31.4 Å². The Labute approximate surface area is 145 Å². The number of thiazole rings is 1. The molecule has 0 aliphatic carbocycles. The topological polar surface area (TPSA) is 87.6 Å². The number of nitrogens with zero attached hydrogens (tertiary/aromatic N) is 2. The molecule has 0 aliphatic rings. The monoisotopic (exact) mass is 394 g/mol. The number of hydrogen-bond donors (Lipinski definition) is 1. The number of hydrogen-bond acceptors (Lipinski definition) is 5. The third kappa shape index (κ3) is 3.61. The Kier molecular flexibility index (Phi) is 4.83. The summed E-state index contributed by atoms with van der Waals surface area (Å²) < 4.78 is 65.0. The number of amides is 1. The van der Waals surface area contributed by atoms with Crippen LogP contribution in [-0.4, -0.2) is 24.6 Å². The van der Waals surface area contributed by atoms with Crippen LogP contribution < -0.4 is 4.31 Å². The minimum atomic E-state index is -5.06. The lowest BCUT2D eigenvalue weighted by Crippen LogP contribution is -2.36. The van der Waals surface area contributed by atoms with Gasteiger partial charge in [-0.2, -0.15) is 0 Å². The van der Waals surface area contributed by atoms with Gasteiger partial charge in [0, 0.05) is 22.9 Å². The maximum absolute atomic E-state index is 13.8. The molecule has 0 saturated heterocycles. The van der Waals surface area contributed by atoms with Crippen molar-refractivity contribution >= 4 is 33.3 Å². The zero-order valence-electron chi connectivity index (χ0n) is 13.2. The highest BCUT2D eigenvalue weighted by molar-refractivity contribution is 7.93. The summed E-state index contributed by atoms with van der Waals surface area (Å²) >= 11 is 1.01. The highest BCUT2D eigenvalue weighted by Crippen LogP contribution is 2.32. The molecule has 6 nitrogen and oxygen atoms in total. The van der Waals surface area contributed by atoms with Crippen molar-refractivity contribution in [3.05, 3.63) is 40.0 Å². The van der Waals surface area contributed by atoms with Gasteiger partial charge in [0.25, 0.3) is 10.0 Å². The molecule has 0 aliphatic heterocycles. The number of benzene rings is 1. The summed E-state index contributed by atoms with van der Waals surface area (Å²) in [6.45, 7) is 5.35. The lowest BCUT2D eigenvalue weighted by molar-refractivity contribution is 0.206. The Morgan fingerprint density at radius 1 is 1.16 bits per heavy atom. The van der Waals surface area contributed by atoms with E-state index in [0.717, 1.165) is 11.3 Å². The summed E-state index contributed by atoms with van der Waals surface area (Å²) in [5.74, 6) is -5.32. The van der Waals surface area contributed by atoms with Crippen molar-refractivity contribution in [1.29, 1.82) is 0 Å². The van der Waals surface area contributed by atoms with Crippen molar-refractivity contribution in [2.45, 2.75) is 31.1 Å². The van der Waals surface area contributed by atoms with Crippen molar-refractivity contribution in [3.8, 4) is 0 Å². The molecule has 0 unspecified atom stereocenters. The summed E-state index contributed by atoms with van der Waals surface area (Å²) in [6, 6.07) is 0.122. The van der Waals surface area contributed by atoms with Gasteiger partial charge >= 0.3 is 6.09 Å². The van der Waals surface area contributed by atoms with E-state index in [9.17, 15) is 31.5 Å². The molecule has 0 atom stereocenters. The Morgan fingerprint density at radius 2 is 1.72 bits per heavy atom. The Morgan fingerprint density at radius 3 is 2.20 bits per heavy atom. The SMILES string of the molecule is CC(C)(C)c1nc(N(C(=O)O)S(=O)(=O)c2cc(F)c(F)cc2F)cs1. The Hall–Kier alpha value is -2.14. The molecule has 0 saturated carbocycles. The lowest BCUT2D eigenvalue weighted by atomic mass is 9.98. The van der Waals surface area contributed by atoms with Crippen LogP contribution in [0.5, 0.6) is 0 Å². The van der Waals surface area contributed by atoms with Crippen LogP contribution >= 0.6 is 11.3 Å². The first kappa shape index (κ1) is 19.2. The van der Waals surface area contributed by atoms with E-state index >= 15 is 0 Å². The average molecular weight is 394 g/mol.